The van der Waals surface area contributed by atoms with Crippen LogP contribution in [0.4, 0.5) is 5.95 Å². The normalized spacial score (nSPS) is 15.9. The van der Waals surface area contributed by atoms with Gasteiger partial charge in [0.2, 0.25) is 5.95 Å². The van der Waals surface area contributed by atoms with Gasteiger partial charge in [-0.1, -0.05) is 15.9 Å². The molecule has 0 bridgehead atoms. The molecular weight excluding hydrogens is 266 g/mol. The first-order valence-electron chi connectivity index (χ1n) is 5.85. The summed E-state index contributed by atoms with van der Waals surface area (Å²) in [6.07, 6.45) is 3.90. The highest BCUT2D eigenvalue weighted by Crippen LogP contribution is 2.27. The van der Waals surface area contributed by atoms with Crippen LogP contribution in [0.1, 0.15) is 30.7 Å². The van der Waals surface area contributed by atoms with E-state index in [1.54, 1.807) is 0 Å². The van der Waals surface area contributed by atoms with Gasteiger partial charge in [-0.2, -0.15) is 0 Å². The molecule has 0 unspecified atom stereocenters. The summed E-state index contributed by atoms with van der Waals surface area (Å²) in [5.74, 6) is 0.904. The van der Waals surface area contributed by atoms with Crippen molar-refractivity contribution in [3.8, 4) is 0 Å². The molecule has 1 aromatic rings. The maximum atomic E-state index is 4.55. The van der Waals surface area contributed by atoms with Crippen LogP contribution < -0.4 is 4.90 Å². The van der Waals surface area contributed by atoms with Crippen molar-refractivity contribution >= 4 is 21.9 Å². The van der Waals surface area contributed by atoms with Crippen LogP contribution in [0.15, 0.2) is 6.07 Å². The van der Waals surface area contributed by atoms with E-state index in [4.69, 9.17) is 0 Å². The Kier molecular flexibility index (Phi) is 3.79. The van der Waals surface area contributed by atoms with Gasteiger partial charge in [-0.05, 0) is 39.2 Å². The smallest absolute Gasteiger partial charge is 0.226 e. The molecule has 88 valence electrons. The fourth-order valence-corrected chi connectivity index (χ4v) is 2.45. The Hall–Kier alpha value is -0.640. The van der Waals surface area contributed by atoms with Crippen molar-refractivity contribution in [2.45, 2.75) is 39.2 Å². The van der Waals surface area contributed by atoms with E-state index in [9.17, 15) is 0 Å². The number of halogens is 1. The topological polar surface area (TPSA) is 29.0 Å². The van der Waals surface area contributed by atoms with E-state index in [-0.39, 0.29) is 0 Å². The molecule has 1 heterocycles. The lowest BCUT2D eigenvalue weighted by molar-refractivity contribution is 0.386. The van der Waals surface area contributed by atoms with Crippen LogP contribution in [0.5, 0.6) is 0 Å². The third-order valence-electron chi connectivity index (χ3n) is 3.07. The van der Waals surface area contributed by atoms with Gasteiger partial charge in [-0.15, -0.1) is 0 Å². The Balaban J connectivity index is 2.22. The molecule has 4 heteroatoms. The SMILES string of the molecule is Cc1cc(C)nc(N(CCBr)C2CCC2)n1. The number of nitrogens with zero attached hydrogens (tertiary/aromatic N) is 3. The average molecular weight is 284 g/mol. The van der Waals surface area contributed by atoms with Crippen LogP contribution in [-0.2, 0) is 0 Å². The monoisotopic (exact) mass is 283 g/mol. The molecule has 0 saturated heterocycles. The van der Waals surface area contributed by atoms with Crippen LogP contribution in [0.2, 0.25) is 0 Å². The molecule has 1 fully saturated rings. The van der Waals surface area contributed by atoms with Gasteiger partial charge in [-0.3, -0.25) is 0 Å². The molecule has 1 aliphatic rings. The summed E-state index contributed by atoms with van der Waals surface area (Å²) in [6, 6.07) is 2.68. The third-order valence-corrected chi connectivity index (χ3v) is 3.42. The van der Waals surface area contributed by atoms with Gasteiger partial charge in [0.1, 0.15) is 0 Å². The van der Waals surface area contributed by atoms with Crippen LogP contribution in [0.25, 0.3) is 0 Å². The molecule has 0 radical (unpaired) electrons. The number of hydrogen-bond donors (Lipinski definition) is 0. The minimum absolute atomic E-state index is 0.652. The highest BCUT2D eigenvalue weighted by Gasteiger charge is 2.26. The van der Waals surface area contributed by atoms with Crippen molar-refractivity contribution in [3.63, 3.8) is 0 Å². The Morgan fingerprint density at radius 3 is 2.38 bits per heavy atom. The predicted molar refractivity (Wildman–Crippen MR) is 70.3 cm³/mol. The van der Waals surface area contributed by atoms with Crippen molar-refractivity contribution in [1.29, 1.82) is 0 Å². The zero-order valence-corrected chi connectivity index (χ0v) is 11.5. The van der Waals surface area contributed by atoms with Gasteiger partial charge < -0.3 is 4.90 Å². The maximum Gasteiger partial charge on any atom is 0.226 e. The summed E-state index contributed by atoms with van der Waals surface area (Å²) in [6.45, 7) is 5.06. The molecule has 0 atom stereocenters. The van der Waals surface area contributed by atoms with E-state index in [1.165, 1.54) is 19.3 Å². The highest BCUT2D eigenvalue weighted by molar-refractivity contribution is 9.09. The lowest BCUT2D eigenvalue weighted by Gasteiger charge is -2.37. The van der Waals surface area contributed by atoms with Gasteiger partial charge >= 0.3 is 0 Å². The molecule has 1 saturated carbocycles. The summed E-state index contributed by atoms with van der Waals surface area (Å²) in [5.41, 5.74) is 2.11. The number of anilines is 1. The van der Waals surface area contributed by atoms with Crippen molar-refractivity contribution in [2.24, 2.45) is 0 Å². The second kappa shape index (κ2) is 5.13. The van der Waals surface area contributed by atoms with E-state index >= 15 is 0 Å². The molecule has 0 aliphatic heterocycles. The first-order valence-corrected chi connectivity index (χ1v) is 6.98. The zero-order chi connectivity index (χ0) is 11.5. The fourth-order valence-electron chi connectivity index (χ4n) is 2.07. The van der Waals surface area contributed by atoms with Gasteiger partial charge in [0, 0.05) is 29.3 Å². The number of aryl methyl sites for hydroxylation is 2. The lowest BCUT2D eigenvalue weighted by atomic mass is 9.92. The van der Waals surface area contributed by atoms with E-state index in [0.717, 1.165) is 29.2 Å². The Bertz CT molecular complexity index is 343. The standard InChI is InChI=1S/C12H18BrN3/c1-9-8-10(2)15-12(14-9)16(7-6-13)11-4-3-5-11/h8,11H,3-7H2,1-2H3. The summed E-state index contributed by atoms with van der Waals surface area (Å²) in [4.78, 5) is 11.4. The molecule has 0 N–H and O–H groups in total. The Morgan fingerprint density at radius 1 is 1.31 bits per heavy atom. The molecule has 1 aromatic heterocycles. The van der Waals surface area contributed by atoms with Crippen LogP contribution in [-0.4, -0.2) is 27.9 Å². The minimum Gasteiger partial charge on any atom is -0.337 e. The molecular formula is C12H18BrN3. The molecule has 0 aromatic carbocycles. The molecule has 0 spiro atoms. The highest BCUT2D eigenvalue weighted by atomic mass is 79.9. The third kappa shape index (κ3) is 2.54. The number of hydrogen-bond acceptors (Lipinski definition) is 3. The molecule has 0 amide bonds. The van der Waals surface area contributed by atoms with Crippen LogP contribution in [0.3, 0.4) is 0 Å². The second-order valence-corrected chi connectivity index (χ2v) is 5.21. The van der Waals surface area contributed by atoms with E-state index in [1.807, 2.05) is 19.9 Å². The summed E-state index contributed by atoms with van der Waals surface area (Å²) in [7, 11) is 0. The summed E-state index contributed by atoms with van der Waals surface area (Å²) in [5, 5.41) is 0.972. The van der Waals surface area contributed by atoms with E-state index < -0.39 is 0 Å². The summed E-state index contributed by atoms with van der Waals surface area (Å²) < 4.78 is 0. The molecule has 16 heavy (non-hydrogen) atoms. The van der Waals surface area contributed by atoms with Gasteiger partial charge in [0.15, 0.2) is 0 Å². The first kappa shape index (κ1) is 11.8. The number of rotatable bonds is 4. The van der Waals surface area contributed by atoms with E-state index in [0.29, 0.717) is 6.04 Å². The van der Waals surface area contributed by atoms with Crippen molar-refractivity contribution in [2.75, 3.05) is 16.8 Å². The van der Waals surface area contributed by atoms with Crippen molar-refractivity contribution in [3.05, 3.63) is 17.5 Å². The first-order chi connectivity index (χ1) is 7.70. The molecule has 3 nitrogen and oxygen atoms in total. The van der Waals surface area contributed by atoms with Crippen LogP contribution >= 0.6 is 15.9 Å². The number of aromatic nitrogens is 2. The predicted octanol–water partition coefficient (Wildman–Crippen LogP) is 2.85. The van der Waals surface area contributed by atoms with Crippen LogP contribution in [0, 0.1) is 13.8 Å². The second-order valence-electron chi connectivity index (χ2n) is 4.42. The molecule has 2 rings (SSSR count). The van der Waals surface area contributed by atoms with Gasteiger partial charge in [0.05, 0.1) is 0 Å². The minimum atomic E-state index is 0.652. The quantitative estimate of drug-likeness (QED) is 0.796. The van der Waals surface area contributed by atoms with Gasteiger partial charge in [0.25, 0.3) is 0 Å². The maximum absolute atomic E-state index is 4.55. The fraction of sp³-hybridized carbons (Fsp3) is 0.667. The van der Waals surface area contributed by atoms with Crippen molar-refractivity contribution < 1.29 is 0 Å². The lowest BCUT2D eigenvalue weighted by Crippen LogP contribution is -2.42. The Labute approximate surface area is 105 Å². The Morgan fingerprint density at radius 2 is 1.94 bits per heavy atom. The summed E-state index contributed by atoms with van der Waals surface area (Å²) >= 11 is 3.51. The van der Waals surface area contributed by atoms with E-state index in [2.05, 4.69) is 30.8 Å². The number of alkyl halides is 1. The average Bonchev–Trinajstić information content (AvgIpc) is 2.12. The largest absolute Gasteiger partial charge is 0.337 e. The molecule has 1 aliphatic carbocycles. The van der Waals surface area contributed by atoms with Crippen molar-refractivity contribution in [1.82, 2.24) is 9.97 Å². The zero-order valence-electron chi connectivity index (χ0n) is 9.91. The van der Waals surface area contributed by atoms with Gasteiger partial charge in [-0.25, -0.2) is 9.97 Å².